The quantitative estimate of drug-likeness (QED) is 0.830. The molecule has 1 aliphatic rings. The zero-order valence-corrected chi connectivity index (χ0v) is 14.8. The number of hydrogen-bond donors (Lipinski definition) is 2. The molecular formula is C19H22N2O3S. The maximum atomic E-state index is 12.5. The fourth-order valence-corrected chi connectivity index (χ4v) is 4.34. The van der Waals surface area contributed by atoms with Gasteiger partial charge in [-0.25, -0.2) is 8.42 Å². The van der Waals surface area contributed by atoms with Crippen molar-refractivity contribution >= 4 is 15.7 Å². The van der Waals surface area contributed by atoms with Crippen molar-refractivity contribution in [1.82, 2.24) is 10.6 Å². The van der Waals surface area contributed by atoms with E-state index >= 15 is 0 Å². The van der Waals surface area contributed by atoms with Crippen LogP contribution in [0.1, 0.15) is 28.8 Å². The summed E-state index contributed by atoms with van der Waals surface area (Å²) in [7, 11) is -3.42. The van der Waals surface area contributed by atoms with Crippen molar-refractivity contribution in [3.05, 3.63) is 65.7 Å². The van der Waals surface area contributed by atoms with Crippen LogP contribution in [-0.4, -0.2) is 33.5 Å². The van der Waals surface area contributed by atoms with Crippen molar-refractivity contribution in [3.8, 4) is 0 Å². The molecule has 132 valence electrons. The average Bonchev–Trinajstić information content (AvgIpc) is 3.14. The van der Waals surface area contributed by atoms with Crippen molar-refractivity contribution in [2.75, 3.05) is 13.1 Å². The van der Waals surface area contributed by atoms with Crippen molar-refractivity contribution in [2.45, 2.75) is 29.5 Å². The first kappa shape index (κ1) is 17.6. The molecule has 25 heavy (non-hydrogen) atoms. The molecule has 1 fully saturated rings. The lowest BCUT2D eigenvalue weighted by atomic mass is 10.1. The zero-order valence-electron chi connectivity index (χ0n) is 13.9. The van der Waals surface area contributed by atoms with Crippen LogP contribution in [0, 0.1) is 0 Å². The lowest BCUT2D eigenvalue weighted by Gasteiger charge is -2.12. The Labute approximate surface area is 148 Å². The van der Waals surface area contributed by atoms with Gasteiger partial charge in [0.25, 0.3) is 5.91 Å². The summed E-state index contributed by atoms with van der Waals surface area (Å²) in [5.41, 5.74) is 1.09. The molecule has 3 rings (SSSR count). The van der Waals surface area contributed by atoms with Gasteiger partial charge in [0.2, 0.25) is 0 Å². The predicted molar refractivity (Wildman–Crippen MR) is 97.1 cm³/mol. The molecule has 0 saturated carbocycles. The Morgan fingerprint density at radius 2 is 1.92 bits per heavy atom. The second-order valence-electron chi connectivity index (χ2n) is 6.28. The van der Waals surface area contributed by atoms with Crippen LogP contribution in [0.2, 0.25) is 0 Å². The van der Waals surface area contributed by atoms with Crippen LogP contribution in [0.5, 0.6) is 0 Å². The van der Waals surface area contributed by atoms with E-state index in [0.717, 1.165) is 19.4 Å². The minimum absolute atomic E-state index is 0.123. The van der Waals surface area contributed by atoms with Gasteiger partial charge in [-0.3, -0.25) is 4.79 Å². The van der Waals surface area contributed by atoms with Gasteiger partial charge in [0.05, 0.1) is 10.6 Å². The average molecular weight is 358 g/mol. The summed E-state index contributed by atoms with van der Waals surface area (Å²) in [6.45, 7) is 1.58. The van der Waals surface area contributed by atoms with Crippen LogP contribution in [0.15, 0.2) is 59.5 Å². The summed E-state index contributed by atoms with van der Waals surface area (Å²) in [4.78, 5) is 12.6. The van der Waals surface area contributed by atoms with Gasteiger partial charge < -0.3 is 10.6 Å². The molecule has 2 aromatic carbocycles. The van der Waals surface area contributed by atoms with Crippen LogP contribution < -0.4 is 10.6 Å². The number of carbonyl (C=O) groups excluding carboxylic acids is 1. The number of benzene rings is 2. The minimum atomic E-state index is -3.42. The zero-order chi connectivity index (χ0) is 17.7. The normalized spacial score (nSPS) is 17.4. The van der Waals surface area contributed by atoms with Gasteiger partial charge in [-0.2, -0.15) is 0 Å². The van der Waals surface area contributed by atoms with Crippen LogP contribution >= 0.6 is 0 Å². The van der Waals surface area contributed by atoms with Crippen LogP contribution in [0.3, 0.4) is 0 Å². The molecule has 0 aromatic heterocycles. The highest BCUT2D eigenvalue weighted by atomic mass is 32.2. The highest BCUT2D eigenvalue weighted by Gasteiger charge is 2.17. The monoisotopic (exact) mass is 358 g/mol. The molecule has 2 aromatic rings. The van der Waals surface area contributed by atoms with E-state index < -0.39 is 9.84 Å². The van der Waals surface area contributed by atoms with Gasteiger partial charge in [0, 0.05) is 18.2 Å². The van der Waals surface area contributed by atoms with Gasteiger partial charge in [-0.05, 0) is 49.2 Å². The Bertz CT molecular complexity index is 829. The molecule has 0 radical (unpaired) electrons. The summed E-state index contributed by atoms with van der Waals surface area (Å²) < 4.78 is 24.9. The molecular weight excluding hydrogens is 336 g/mol. The molecule has 1 aliphatic heterocycles. The molecule has 1 heterocycles. The molecule has 1 saturated heterocycles. The number of amides is 1. The number of hydrogen-bond acceptors (Lipinski definition) is 4. The second-order valence-corrected chi connectivity index (χ2v) is 8.27. The topological polar surface area (TPSA) is 75.3 Å². The highest BCUT2D eigenvalue weighted by molar-refractivity contribution is 7.90. The number of nitrogens with one attached hydrogen (secondary N) is 2. The second kappa shape index (κ2) is 7.80. The van der Waals surface area contributed by atoms with E-state index in [1.165, 1.54) is 0 Å². The number of sulfone groups is 1. The van der Waals surface area contributed by atoms with E-state index in [1.807, 2.05) is 0 Å². The van der Waals surface area contributed by atoms with Crippen molar-refractivity contribution in [3.63, 3.8) is 0 Å². The minimum Gasteiger partial charge on any atom is -0.350 e. The standard InChI is InChI=1S/C19H22N2O3S/c22-19(21-13-17-8-5-11-20-17)16-7-4-6-15(12-16)14-25(23,24)18-9-2-1-3-10-18/h1-4,6-7,9-10,12,17,20H,5,8,11,13-14H2,(H,21,22). The molecule has 6 heteroatoms. The highest BCUT2D eigenvalue weighted by Crippen LogP contribution is 2.17. The van der Waals surface area contributed by atoms with Gasteiger partial charge in [-0.1, -0.05) is 30.3 Å². The van der Waals surface area contributed by atoms with Crippen LogP contribution in [0.4, 0.5) is 0 Å². The number of rotatable bonds is 6. The third-order valence-corrected chi connectivity index (χ3v) is 6.02. The molecule has 0 bridgehead atoms. The summed E-state index contributed by atoms with van der Waals surface area (Å²) in [6, 6.07) is 15.5. The predicted octanol–water partition coefficient (Wildman–Crippen LogP) is 2.14. The molecule has 0 aliphatic carbocycles. The van der Waals surface area contributed by atoms with Crippen molar-refractivity contribution in [1.29, 1.82) is 0 Å². The Balaban J connectivity index is 1.67. The smallest absolute Gasteiger partial charge is 0.251 e. The molecule has 1 atom stereocenters. The van der Waals surface area contributed by atoms with E-state index in [4.69, 9.17) is 0 Å². The molecule has 1 unspecified atom stereocenters. The Morgan fingerprint density at radius 1 is 1.12 bits per heavy atom. The molecule has 2 N–H and O–H groups in total. The number of carbonyl (C=O) groups is 1. The van der Waals surface area contributed by atoms with Crippen molar-refractivity contribution < 1.29 is 13.2 Å². The van der Waals surface area contributed by atoms with Gasteiger partial charge >= 0.3 is 0 Å². The Morgan fingerprint density at radius 3 is 2.64 bits per heavy atom. The van der Waals surface area contributed by atoms with Crippen LogP contribution in [0.25, 0.3) is 0 Å². The summed E-state index contributed by atoms with van der Waals surface area (Å²) in [5.74, 6) is -0.296. The maximum absolute atomic E-state index is 12.5. The largest absolute Gasteiger partial charge is 0.350 e. The van der Waals surface area contributed by atoms with E-state index in [2.05, 4.69) is 10.6 Å². The lowest BCUT2D eigenvalue weighted by molar-refractivity contribution is 0.0950. The fourth-order valence-electron chi connectivity index (χ4n) is 2.98. The molecule has 5 nitrogen and oxygen atoms in total. The van der Waals surface area contributed by atoms with E-state index in [9.17, 15) is 13.2 Å². The maximum Gasteiger partial charge on any atom is 0.251 e. The van der Waals surface area contributed by atoms with E-state index in [-0.39, 0.29) is 16.6 Å². The SMILES string of the molecule is O=C(NCC1CCCN1)c1cccc(CS(=O)(=O)c2ccccc2)c1. The first-order chi connectivity index (χ1) is 12.0. The third kappa shape index (κ3) is 4.67. The summed E-state index contributed by atoms with van der Waals surface area (Å²) in [5, 5.41) is 6.24. The van der Waals surface area contributed by atoms with E-state index in [0.29, 0.717) is 23.7 Å². The third-order valence-electron chi connectivity index (χ3n) is 4.32. The fraction of sp³-hybridized carbons (Fsp3) is 0.316. The lowest BCUT2D eigenvalue weighted by Crippen LogP contribution is -2.37. The van der Waals surface area contributed by atoms with E-state index in [1.54, 1.807) is 54.6 Å². The van der Waals surface area contributed by atoms with Gasteiger partial charge in [0.15, 0.2) is 9.84 Å². The van der Waals surface area contributed by atoms with Crippen molar-refractivity contribution in [2.24, 2.45) is 0 Å². The Hall–Kier alpha value is -2.18. The molecule has 1 amide bonds. The Kier molecular flexibility index (Phi) is 5.50. The first-order valence-electron chi connectivity index (χ1n) is 8.43. The van der Waals surface area contributed by atoms with Gasteiger partial charge in [0.1, 0.15) is 0 Å². The van der Waals surface area contributed by atoms with Gasteiger partial charge in [-0.15, -0.1) is 0 Å². The summed E-state index contributed by atoms with van der Waals surface area (Å²) in [6.07, 6.45) is 2.20. The van der Waals surface area contributed by atoms with Crippen LogP contribution in [-0.2, 0) is 15.6 Å². The summed E-state index contributed by atoms with van der Waals surface area (Å²) >= 11 is 0. The first-order valence-corrected chi connectivity index (χ1v) is 10.1. The molecule has 0 spiro atoms.